The van der Waals surface area contributed by atoms with Crippen molar-refractivity contribution >= 4 is 51.1 Å². The number of amides is 1. The third kappa shape index (κ3) is 6.51. The van der Waals surface area contributed by atoms with Crippen molar-refractivity contribution in [3.8, 4) is 17.3 Å². The van der Waals surface area contributed by atoms with Gasteiger partial charge in [0, 0.05) is 68.4 Å². The molecule has 3 aliphatic rings. The molecule has 282 valence electrons. The van der Waals surface area contributed by atoms with Crippen molar-refractivity contribution in [2.45, 2.75) is 62.9 Å². The number of hydrogen-bond donors (Lipinski definition) is 1. The lowest BCUT2D eigenvalue weighted by Gasteiger charge is -2.31. The van der Waals surface area contributed by atoms with Crippen LogP contribution in [0.4, 0.5) is 19.0 Å². The van der Waals surface area contributed by atoms with E-state index in [0.29, 0.717) is 60.0 Å². The Labute approximate surface area is 313 Å². The number of ether oxygens (including phenoxy) is 1. The van der Waals surface area contributed by atoms with E-state index < -0.39 is 28.9 Å². The van der Waals surface area contributed by atoms with E-state index in [1.165, 1.54) is 38.3 Å². The number of alkyl halides is 1. The van der Waals surface area contributed by atoms with Gasteiger partial charge in [-0.05, 0) is 51.1 Å². The summed E-state index contributed by atoms with van der Waals surface area (Å²) < 4.78 is 57.5. The smallest absolute Gasteiger partial charge is 0.319 e. The van der Waals surface area contributed by atoms with Gasteiger partial charge >= 0.3 is 6.01 Å². The molecule has 6 heterocycles. The molecule has 0 bridgehead atoms. The van der Waals surface area contributed by atoms with Gasteiger partial charge in [-0.1, -0.05) is 41.0 Å². The van der Waals surface area contributed by atoms with Crippen LogP contribution in [0.3, 0.4) is 0 Å². The van der Waals surface area contributed by atoms with Crippen LogP contribution in [0.25, 0.3) is 39.0 Å². The highest BCUT2D eigenvalue weighted by molar-refractivity contribution is 6.36. The van der Waals surface area contributed by atoms with Crippen LogP contribution < -0.4 is 9.64 Å². The number of halogens is 4. The van der Waals surface area contributed by atoms with Crippen molar-refractivity contribution in [3.05, 3.63) is 71.0 Å². The number of likely N-dealkylation sites (tertiary alicyclic amines) is 1. The summed E-state index contributed by atoms with van der Waals surface area (Å²) in [6.45, 7) is 5.06. The number of aromatic nitrogens is 5. The molecule has 0 saturated carbocycles. The highest BCUT2D eigenvalue weighted by atomic mass is 35.5. The van der Waals surface area contributed by atoms with Crippen LogP contribution in [0.2, 0.25) is 5.02 Å². The number of carbonyl (C=O) groups excluding carboxylic acids is 1. The lowest BCUT2D eigenvalue weighted by atomic mass is 9.95. The van der Waals surface area contributed by atoms with E-state index in [0.717, 1.165) is 19.4 Å². The summed E-state index contributed by atoms with van der Waals surface area (Å²) in [6, 6.07) is 7.62. The zero-order chi connectivity index (χ0) is 37.9. The Morgan fingerprint density at radius 1 is 1.19 bits per heavy atom. The fraction of sp³-hybridized carbons (Fsp3) is 0.421. The van der Waals surface area contributed by atoms with E-state index in [1.54, 1.807) is 36.2 Å². The summed E-state index contributed by atoms with van der Waals surface area (Å²) in [5.74, 6) is -1.17. The molecule has 8 rings (SSSR count). The van der Waals surface area contributed by atoms with Gasteiger partial charge in [0.15, 0.2) is 5.82 Å². The molecule has 1 N–H and O–H groups in total. The van der Waals surface area contributed by atoms with Crippen LogP contribution in [-0.4, -0.2) is 103 Å². The highest BCUT2D eigenvalue weighted by Crippen LogP contribution is 2.42. The predicted octanol–water partition coefficient (Wildman–Crippen LogP) is 6.09. The Morgan fingerprint density at radius 3 is 2.81 bits per heavy atom. The zero-order valence-electron chi connectivity index (χ0n) is 29.9. The number of likely N-dealkylation sites (N-methyl/N-ethyl adjacent to an activating group) is 1. The summed E-state index contributed by atoms with van der Waals surface area (Å²) in [7, 11) is 1.80. The number of carbonyl (C=O) groups is 1. The molecule has 3 fully saturated rings. The van der Waals surface area contributed by atoms with Crippen LogP contribution in [0.5, 0.6) is 6.01 Å². The molecule has 0 spiro atoms. The van der Waals surface area contributed by atoms with E-state index in [-0.39, 0.29) is 52.5 Å². The summed E-state index contributed by atoms with van der Waals surface area (Å²) in [4.78, 5) is 36.8. The van der Waals surface area contributed by atoms with Crippen molar-refractivity contribution in [2.75, 3.05) is 44.7 Å². The maximum Gasteiger partial charge on any atom is 0.319 e. The van der Waals surface area contributed by atoms with Crippen LogP contribution in [0.1, 0.15) is 51.2 Å². The van der Waals surface area contributed by atoms with Crippen molar-refractivity contribution < 1.29 is 32.3 Å². The third-order valence-corrected chi connectivity index (χ3v) is 11.1. The molecule has 2 aromatic carbocycles. The van der Waals surface area contributed by atoms with Gasteiger partial charge < -0.3 is 24.2 Å². The number of pyridine rings is 1. The molecule has 12 nitrogen and oxygen atoms in total. The van der Waals surface area contributed by atoms with Gasteiger partial charge in [-0.15, -0.1) is 0 Å². The Kier molecular flexibility index (Phi) is 9.21. The number of aliphatic hydroxyl groups is 1. The Hall–Kier alpha value is -4.86. The number of hydrogen-bond acceptors (Lipinski definition) is 11. The van der Waals surface area contributed by atoms with Crippen LogP contribution in [-0.2, 0) is 10.4 Å². The largest absolute Gasteiger partial charge is 0.461 e. The van der Waals surface area contributed by atoms with Crippen LogP contribution >= 0.6 is 11.6 Å². The molecule has 16 heteroatoms. The number of nitrogens with zero attached hydrogens (tertiary/aromatic N) is 8. The minimum atomic E-state index is -1.30. The average molecular weight is 763 g/mol. The van der Waals surface area contributed by atoms with Gasteiger partial charge in [0.25, 0.3) is 5.89 Å². The van der Waals surface area contributed by atoms with E-state index in [9.17, 15) is 18.7 Å². The molecular formula is C38H38ClF3N8O4. The maximum atomic E-state index is 16.9. The van der Waals surface area contributed by atoms with Gasteiger partial charge in [0.05, 0.1) is 15.9 Å². The number of benzene rings is 2. The second-order valence-corrected chi connectivity index (χ2v) is 15.2. The van der Waals surface area contributed by atoms with Crippen molar-refractivity contribution in [2.24, 2.45) is 0 Å². The van der Waals surface area contributed by atoms with Crippen molar-refractivity contribution in [1.82, 2.24) is 34.9 Å². The lowest BCUT2D eigenvalue weighted by Crippen LogP contribution is -2.43. The highest BCUT2D eigenvalue weighted by Gasteiger charge is 2.49. The molecule has 1 amide bonds. The molecule has 54 heavy (non-hydrogen) atoms. The number of fused-ring (bicyclic) bond motifs is 3. The second kappa shape index (κ2) is 13.8. The monoisotopic (exact) mass is 762 g/mol. The molecule has 5 aromatic rings. The molecule has 0 aliphatic carbocycles. The second-order valence-electron chi connectivity index (χ2n) is 14.8. The van der Waals surface area contributed by atoms with E-state index >= 15 is 4.39 Å². The first-order valence-electron chi connectivity index (χ1n) is 17.8. The van der Waals surface area contributed by atoms with Gasteiger partial charge in [-0.2, -0.15) is 15.0 Å². The summed E-state index contributed by atoms with van der Waals surface area (Å²) in [5.41, 5.74) is -1.63. The fourth-order valence-corrected chi connectivity index (χ4v) is 8.20. The zero-order valence-corrected chi connectivity index (χ0v) is 30.7. The molecule has 0 unspecified atom stereocenters. The van der Waals surface area contributed by atoms with E-state index in [2.05, 4.69) is 25.0 Å². The normalized spacial score (nSPS) is 21.9. The first-order valence-corrected chi connectivity index (χ1v) is 18.2. The number of rotatable bonds is 9. The molecule has 3 aromatic heterocycles. The Morgan fingerprint density at radius 2 is 2.02 bits per heavy atom. The van der Waals surface area contributed by atoms with Gasteiger partial charge in [0.1, 0.15) is 41.2 Å². The van der Waals surface area contributed by atoms with Crippen molar-refractivity contribution in [1.29, 1.82) is 0 Å². The SMILES string of the molecule is CN(c1nc(OC[C@@]23CCCN2C[C@H](F)C3)nc2c(F)c(-c3cccc4ccc(F)c(Cl)c34)ncc12)[C@@H]1CCN(C(=O)/C=C/c2nc(C(C)(C)O)no2)C1. The first kappa shape index (κ1) is 36.1. The standard InChI is InChI=1S/C38H38ClF3N8O4/c1-37(2,52)35-44-27(54-47-35)10-11-28(51)49-15-12-23(19-49)48(3)34-25-17-43-32(24-7-4-6-21-8-9-26(41)30(39)29(21)24)31(42)33(25)45-36(46-34)53-20-38-13-5-14-50(38)18-22(40)16-38/h4,6-11,17,22-23,52H,5,12-16,18-20H2,1-3H3/b11-10+/t22-,23-,38+/m1/s1. The maximum absolute atomic E-state index is 16.9. The molecule has 3 saturated heterocycles. The topological polar surface area (TPSA) is 134 Å². The minimum absolute atomic E-state index is 0.0641. The van der Waals surface area contributed by atoms with E-state index in [1.807, 2.05) is 4.90 Å². The molecule has 3 atom stereocenters. The van der Waals surface area contributed by atoms with E-state index in [4.69, 9.17) is 25.8 Å². The predicted molar refractivity (Wildman–Crippen MR) is 196 cm³/mol. The summed E-state index contributed by atoms with van der Waals surface area (Å²) in [5, 5.41) is 14.9. The van der Waals surface area contributed by atoms with Gasteiger partial charge in [-0.25, -0.2) is 13.2 Å². The Bertz CT molecular complexity index is 2300. The van der Waals surface area contributed by atoms with Gasteiger partial charge in [0.2, 0.25) is 11.7 Å². The molecule has 0 radical (unpaired) electrons. The fourth-order valence-electron chi connectivity index (χ4n) is 7.93. The van der Waals surface area contributed by atoms with Gasteiger partial charge in [-0.3, -0.25) is 14.7 Å². The van der Waals surface area contributed by atoms with Crippen molar-refractivity contribution in [3.63, 3.8) is 0 Å². The van der Waals surface area contributed by atoms with Crippen LogP contribution in [0.15, 0.2) is 47.1 Å². The third-order valence-electron chi connectivity index (χ3n) is 10.8. The number of anilines is 1. The lowest BCUT2D eigenvalue weighted by molar-refractivity contribution is -0.124. The quantitative estimate of drug-likeness (QED) is 0.175. The summed E-state index contributed by atoms with van der Waals surface area (Å²) in [6.07, 6.45) is 5.84. The Balaban J connectivity index is 1.12. The molecular weight excluding hydrogens is 725 g/mol. The molecule has 3 aliphatic heterocycles. The van der Waals surface area contributed by atoms with Crippen LogP contribution in [0, 0.1) is 11.6 Å². The summed E-state index contributed by atoms with van der Waals surface area (Å²) >= 11 is 6.42. The average Bonchev–Trinajstić information content (AvgIpc) is 3.95. The first-order chi connectivity index (χ1) is 25.8. The minimum Gasteiger partial charge on any atom is -0.461 e.